The van der Waals surface area contributed by atoms with Crippen LogP contribution >= 0.6 is 0 Å². The van der Waals surface area contributed by atoms with E-state index in [0.29, 0.717) is 24.3 Å². The molecule has 0 aliphatic carbocycles. The normalized spacial score (nSPS) is 15.0. The van der Waals surface area contributed by atoms with Crippen LogP contribution in [-0.4, -0.2) is 58.1 Å². The van der Waals surface area contributed by atoms with E-state index in [9.17, 15) is 19.2 Å². The summed E-state index contributed by atoms with van der Waals surface area (Å²) >= 11 is 0. The van der Waals surface area contributed by atoms with E-state index in [1.54, 1.807) is 46.4 Å². The molecule has 49 heavy (non-hydrogen) atoms. The highest BCUT2D eigenvalue weighted by Gasteiger charge is 2.41. The topological polar surface area (TPSA) is 114 Å². The fourth-order valence-electron chi connectivity index (χ4n) is 5.44. The van der Waals surface area contributed by atoms with Crippen LogP contribution in [0.25, 0.3) is 0 Å². The average Bonchev–Trinajstić information content (AvgIpc) is 2.99. The van der Waals surface area contributed by atoms with Gasteiger partial charge in [0.2, 0.25) is 11.8 Å². The van der Waals surface area contributed by atoms with Crippen molar-refractivity contribution < 1.29 is 28.7 Å². The lowest BCUT2D eigenvalue weighted by Gasteiger charge is -2.40. The zero-order valence-electron chi connectivity index (χ0n) is 31.9. The smallest absolute Gasteiger partial charge is 0.408 e. The predicted octanol–water partition coefficient (Wildman–Crippen LogP) is 7.70. The number of amides is 3. The van der Waals surface area contributed by atoms with Gasteiger partial charge in [0.25, 0.3) is 0 Å². The minimum atomic E-state index is -1.11. The van der Waals surface area contributed by atoms with Crippen LogP contribution in [0.4, 0.5) is 4.79 Å². The summed E-state index contributed by atoms with van der Waals surface area (Å²) in [4.78, 5) is 57.9. The third-order valence-corrected chi connectivity index (χ3v) is 8.25. The fourth-order valence-corrected chi connectivity index (χ4v) is 5.44. The van der Waals surface area contributed by atoms with Gasteiger partial charge in [0.1, 0.15) is 29.3 Å². The van der Waals surface area contributed by atoms with E-state index in [4.69, 9.17) is 9.47 Å². The Morgan fingerprint density at radius 2 is 1.35 bits per heavy atom. The summed E-state index contributed by atoms with van der Waals surface area (Å²) in [6, 6.07) is 13.4. The van der Waals surface area contributed by atoms with Crippen molar-refractivity contribution in [2.45, 2.75) is 144 Å². The van der Waals surface area contributed by atoms with Crippen molar-refractivity contribution in [3.8, 4) is 0 Å². The molecule has 3 amide bonds. The van der Waals surface area contributed by atoms with Gasteiger partial charge in [-0.3, -0.25) is 9.59 Å². The molecule has 2 aromatic rings. The van der Waals surface area contributed by atoms with Crippen LogP contribution < -0.4 is 10.6 Å². The number of carbonyl (C=O) groups is 4. The fraction of sp³-hybridized carbons (Fsp3) is 0.600. The number of hydrogen-bond donors (Lipinski definition) is 2. The number of carbonyl (C=O) groups excluding carboxylic acids is 4. The molecule has 0 saturated carbocycles. The van der Waals surface area contributed by atoms with Gasteiger partial charge in [0.05, 0.1) is 0 Å². The lowest BCUT2D eigenvalue weighted by molar-refractivity contribution is -0.159. The summed E-state index contributed by atoms with van der Waals surface area (Å²) in [5, 5.41) is 5.83. The maximum atomic E-state index is 14.9. The van der Waals surface area contributed by atoms with E-state index < -0.39 is 59.2 Å². The number of benzene rings is 2. The van der Waals surface area contributed by atoms with Crippen LogP contribution in [0.5, 0.6) is 0 Å². The maximum absolute atomic E-state index is 14.9. The third-order valence-electron chi connectivity index (χ3n) is 8.25. The first kappa shape index (κ1) is 41.3. The highest BCUT2D eigenvalue weighted by molar-refractivity contribution is 5.94. The van der Waals surface area contributed by atoms with Crippen LogP contribution in [0.3, 0.4) is 0 Å². The highest BCUT2D eigenvalue weighted by Crippen LogP contribution is 2.30. The molecule has 0 spiro atoms. The van der Waals surface area contributed by atoms with Crippen molar-refractivity contribution >= 4 is 23.9 Å². The number of alkyl carbamates (subject to hydrolysis) is 1. The second kappa shape index (κ2) is 18.2. The quantitative estimate of drug-likeness (QED) is 0.187. The minimum Gasteiger partial charge on any atom is -0.458 e. The van der Waals surface area contributed by atoms with Gasteiger partial charge < -0.3 is 25.0 Å². The van der Waals surface area contributed by atoms with Crippen molar-refractivity contribution in [1.29, 1.82) is 0 Å². The number of nitrogens with one attached hydrogen (secondary N) is 2. The number of nitrogens with zero attached hydrogens (tertiary/aromatic N) is 1. The summed E-state index contributed by atoms with van der Waals surface area (Å²) in [6.45, 7) is 22.6. The molecule has 0 fully saturated rings. The first-order chi connectivity index (χ1) is 22.7. The largest absolute Gasteiger partial charge is 0.458 e. The summed E-state index contributed by atoms with van der Waals surface area (Å²) in [7, 11) is 0. The van der Waals surface area contributed by atoms with E-state index in [-0.39, 0.29) is 12.3 Å². The molecule has 2 rings (SSSR count). The van der Waals surface area contributed by atoms with Crippen LogP contribution in [0.15, 0.2) is 54.6 Å². The SMILES string of the molecule is CCC(C)C(NC(=O)OC(C)(C)C)C(=O)N(C(C)CCC(C)C)C(C(=O)NC(Cc1ccccc1)C(=O)OC(C)(C)C)c1ccc(C)cc1. The molecule has 0 aliphatic heterocycles. The standard InChI is InChI=1S/C40H61N3O6/c1-13-28(5)33(42-38(47)49-40(10,11)12)36(45)43(29(6)22-19-26(2)3)34(31-23-20-27(4)21-24-31)35(44)41-32(37(46)48-39(7,8)9)25-30-17-15-14-16-18-30/h14-18,20-21,23-24,26,28-29,32-34H,13,19,22,25H2,1-12H3,(H,41,44)(H,42,47). The minimum absolute atomic E-state index is 0.203. The van der Waals surface area contributed by atoms with Gasteiger partial charge in [-0.05, 0) is 91.2 Å². The molecule has 5 atom stereocenters. The van der Waals surface area contributed by atoms with Gasteiger partial charge in [-0.2, -0.15) is 0 Å². The van der Waals surface area contributed by atoms with Gasteiger partial charge >= 0.3 is 12.1 Å². The number of rotatable bonds is 15. The van der Waals surface area contributed by atoms with Gasteiger partial charge in [0, 0.05) is 12.5 Å². The molecule has 0 bridgehead atoms. The Morgan fingerprint density at radius 3 is 1.86 bits per heavy atom. The van der Waals surface area contributed by atoms with Crippen molar-refractivity contribution in [2.75, 3.05) is 0 Å². The lowest BCUT2D eigenvalue weighted by Crippen LogP contribution is -2.58. The van der Waals surface area contributed by atoms with Gasteiger partial charge in [-0.1, -0.05) is 94.3 Å². The number of aryl methyl sites for hydroxylation is 1. The van der Waals surface area contributed by atoms with Crippen LogP contribution in [-0.2, 0) is 30.3 Å². The Kier molecular flexibility index (Phi) is 15.3. The van der Waals surface area contributed by atoms with Crippen LogP contribution in [0.2, 0.25) is 0 Å². The zero-order valence-corrected chi connectivity index (χ0v) is 31.9. The molecule has 0 radical (unpaired) electrons. The van der Waals surface area contributed by atoms with Gasteiger partial charge in [-0.15, -0.1) is 0 Å². The van der Waals surface area contributed by atoms with E-state index in [1.165, 1.54) is 0 Å². The molecule has 0 heterocycles. The molecule has 0 saturated heterocycles. The molecular formula is C40H61N3O6. The molecule has 0 aliphatic rings. The van der Waals surface area contributed by atoms with Crippen molar-refractivity contribution in [1.82, 2.24) is 15.5 Å². The van der Waals surface area contributed by atoms with E-state index in [2.05, 4.69) is 24.5 Å². The summed E-state index contributed by atoms with van der Waals surface area (Å²) in [5.41, 5.74) is 0.889. The van der Waals surface area contributed by atoms with Crippen LogP contribution in [0, 0.1) is 18.8 Å². The first-order valence-electron chi connectivity index (χ1n) is 17.7. The number of ether oxygens (including phenoxy) is 2. The molecule has 5 unspecified atom stereocenters. The van der Waals surface area contributed by atoms with E-state index >= 15 is 0 Å². The Labute approximate surface area is 294 Å². The monoisotopic (exact) mass is 679 g/mol. The molecular weight excluding hydrogens is 618 g/mol. The van der Waals surface area contributed by atoms with Crippen LogP contribution in [0.1, 0.15) is 118 Å². The lowest BCUT2D eigenvalue weighted by atomic mass is 9.92. The molecule has 2 aromatic carbocycles. The Morgan fingerprint density at radius 1 is 0.776 bits per heavy atom. The summed E-state index contributed by atoms with van der Waals surface area (Å²) < 4.78 is 11.3. The van der Waals surface area contributed by atoms with E-state index in [1.807, 2.05) is 82.3 Å². The molecule has 9 nitrogen and oxygen atoms in total. The third kappa shape index (κ3) is 13.9. The summed E-state index contributed by atoms with van der Waals surface area (Å²) in [5.74, 6) is -1.38. The predicted molar refractivity (Wildman–Crippen MR) is 195 cm³/mol. The van der Waals surface area contributed by atoms with Crippen molar-refractivity contribution in [3.05, 3.63) is 71.3 Å². The van der Waals surface area contributed by atoms with Crippen molar-refractivity contribution in [3.63, 3.8) is 0 Å². The Hall–Kier alpha value is -3.88. The second-order valence-electron chi connectivity index (χ2n) is 15.7. The second-order valence-corrected chi connectivity index (χ2v) is 15.7. The van der Waals surface area contributed by atoms with Crippen molar-refractivity contribution in [2.24, 2.45) is 11.8 Å². The number of hydrogen-bond acceptors (Lipinski definition) is 6. The highest BCUT2D eigenvalue weighted by atomic mass is 16.6. The van der Waals surface area contributed by atoms with E-state index in [0.717, 1.165) is 17.5 Å². The Bertz CT molecular complexity index is 1360. The Balaban J connectivity index is 2.72. The molecule has 0 aromatic heterocycles. The molecule has 9 heteroatoms. The molecule has 272 valence electrons. The molecule has 2 N–H and O–H groups in total. The number of esters is 1. The van der Waals surface area contributed by atoms with Gasteiger partial charge in [0.15, 0.2) is 0 Å². The summed E-state index contributed by atoms with van der Waals surface area (Å²) in [6.07, 6.45) is 1.53. The maximum Gasteiger partial charge on any atom is 0.408 e. The zero-order chi connectivity index (χ0) is 37.1. The first-order valence-corrected chi connectivity index (χ1v) is 17.7. The van der Waals surface area contributed by atoms with Gasteiger partial charge in [-0.25, -0.2) is 9.59 Å². The average molecular weight is 680 g/mol.